The number of nitrogens with zero attached hydrogens (tertiary/aromatic N) is 2. The van der Waals surface area contributed by atoms with Gasteiger partial charge in [-0.1, -0.05) is 0 Å². The summed E-state index contributed by atoms with van der Waals surface area (Å²) in [7, 11) is 2.21. The molecule has 0 spiro atoms. The van der Waals surface area contributed by atoms with Crippen LogP contribution in [0.25, 0.3) is 0 Å². The molecule has 1 aromatic heterocycles. The van der Waals surface area contributed by atoms with Crippen LogP contribution in [0.5, 0.6) is 0 Å². The molecular formula is C12H22N4. The molecule has 0 saturated carbocycles. The molecule has 0 aliphatic carbocycles. The Labute approximate surface area is 97.4 Å². The molecule has 2 rings (SSSR count). The summed E-state index contributed by atoms with van der Waals surface area (Å²) in [5, 5.41) is 10.4. The molecule has 1 saturated heterocycles. The lowest BCUT2D eigenvalue weighted by Crippen LogP contribution is -2.37. The van der Waals surface area contributed by atoms with Crippen molar-refractivity contribution < 1.29 is 0 Å². The van der Waals surface area contributed by atoms with E-state index in [9.17, 15) is 0 Å². The first kappa shape index (κ1) is 11.6. The van der Waals surface area contributed by atoms with E-state index < -0.39 is 0 Å². The molecular weight excluding hydrogens is 200 g/mol. The minimum absolute atomic E-state index is 0.394. The highest BCUT2D eigenvalue weighted by atomic mass is 15.1. The van der Waals surface area contributed by atoms with Gasteiger partial charge >= 0.3 is 0 Å². The van der Waals surface area contributed by atoms with E-state index in [0.29, 0.717) is 6.04 Å². The number of likely N-dealkylation sites (tertiary alicyclic amines) is 1. The van der Waals surface area contributed by atoms with Gasteiger partial charge < -0.3 is 10.2 Å². The summed E-state index contributed by atoms with van der Waals surface area (Å²) in [6.45, 7) is 5.78. The predicted molar refractivity (Wildman–Crippen MR) is 65.2 cm³/mol. The molecule has 1 aliphatic heterocycles. The average Bonchev–Trinajstić information content (AvgIpc) is 2.79. The van der Waals surface area contributed by atoms with Crippen LogP contribution in [-0.4, -0.2) is 41.8 Å². The van der Waals surface area contributed by atoms with Gasteiger partial charge in [0.1, 0.15) is 0 Å². The Morgan fingerprint density at radius 2 is 2.56 bits per heavy atom. The summed E-state index contributed by atoms with van der Waals surface area (Å²) < 4.78 is 0. The predicted octanol–water partition coefficient (Wildman–Crippen LogP) is 1.40. The van der Waals surface area contributed by atoms with Crippen LogP contribution in [0.1, 0.15) is 31.4 Å². The number of piperidine rings is 1. The Morgan fingerprint density at radius 3 is 3.25 bits per heavy atom. The summed E-state index contributed by atoms with van der Waals surface area (Å²) in [4.78, 5) is 2.43. The van der Waals surface area contributed by atoms with E-state index in [1.165, 1.54) is 31.5 Å². The van der Waals surface area contributed by atoms with Gasteiger partial charge in [-0.15, -0.1) is 0 Å². The smallest absolute Gasteiger partial charge is 0.0534 e. The number of rotatable bonds is 4. The topological polar surface area (TPSA) is 44.0 Å². The standard InChI is InChI=1S/C12H22N4/c1-10(12-7-14-15-8-12)13-6-11-4-3-5-16(2)9-11/h7-8,10-11,13H,3-6,9H2,1-2H3,(H,14,15). The van der Waals surface area contributed by atoms with Crippen LogP contribution in [0.3, 0.4) is 0 Å². The van der Waals surface area contributed by atoms with Crippen LogP contribution >= 0.6 is 0 Å². The van der Waals surface area contributed by atoms with Crippen molar-refractivity contribution in [1.82, 2.24) is 20.4 Å². The minimum Gasteiger partial charge on any atom is -0.310 e. The molecule has 16 heavy (non-hydrogen) atoms. The van der Waals surface area contributed by atoms with Crippen LogP contribution in [0.4, 0.5) is 0 Å². The van der Waals surface area contributed by atoms with E-state index in [4.69, 9.17) is 0 Å². The van der Waals surface area contributed by atoms with E-state index >= 15 is 0 Å². The Hall–Kier alpha value is -0.870. The third-order valence-electron chi connectivity index (χ3n) is 3.45. The molecule has 2 atom stereocenters. The maximum atomic E-state index is 3.98. The van der Waals surface area contributed by atoms with Gasteiger partial charge in [-0.3, -0.25) is 5.10 Å². The van der Waals surface area contributed by atoms with Crippen LogP contribution < -0.4 is 5.32 Å². The highest BCUT2D eigenvalue weighted by molar-refractivity contribution is 5.07. The summed E-state index contributed by atoms with van der Waals surface area (Å²) in [5.41, 5.74) is 1.24. The lowest BCUT2D eigenvalue weighted by atomic mass is 9.98. The van der Waals surface area contributed by atoms with E-state index in [1.807, 2.05) is 12.4 Å². The molecule has 90 valence electrons. The summed E-state index contributed by atoms with van der Waals surface area (Å²) >= 11 is 0. The van der Waals surface area contributed by atoms with Crippen LogP contribution in [0, 0.1) is 5.92 Å². The quantitative estimate of drug-likeness (QED) is 0.809. The minimum atomic E-state index is 0.394. The molecule has 2 N–H and O–H groups in total. The number of H-pyrrole nitrogens is 1. The maximum Gasteiger partial charge on any atom is 0.0534 e. The monoisotopic (exact) mass is 222 g/mol. The molecule has 0 aromatic carbocycles. The second-order valence-corrected chi connectivity index (χ2v) is 4.93. The Morgan fingerprint density at radius 1 is 1.69 bits per heavy atom. The molecule has 2 heterocycles. The highest BCUT2D eigenvalue weighted by Crippen LogP contribution is 2.16. The van der Waals surface area contributed by atoms with Gasteiger partial charge in [0.05, 0.1) is 6.20 Å². The molecule has 1 aromatic rings. The lowest BCUT2D eigenvalue weighted by Gasteiger charge is -2.30. The van der Waals surface area contributed by atoms with Crippen molar-refractivity contribution in [3.05, 3.63) is 18.0 Å². The first-order valence-corrected chi connectivity index (χ1v) is 6.16. The summed E-state index contributed by atoms with van der Waals surface area (Å²) in [5.74, 6) is 0.799. The molecule has 0 bridgehead atoms. The van der Waals surface area contributed by atoms with Gasteiger partial charge in [0, 0.05) is 24.3 Å². The first-order valence-electron chi connectivity index (χ1n) is 6.16. The molecule has 1 aliphatic rings. The van der Waals surface area contributed by atoms with Gasteiger partial charge in [-0.05, 0) is 45.8 Å². The molecule has 0 radical (unpaired) electrons. The van der Waals surface area contributed by atoms with Crippen LogP contribution in [0.2, 0.25) is 0 Å². The fourth-order valence-electron chi connectivity index (χ4n) is 2.40. The third kappa shape index (κ3) is 3.06. The van der Waals surface area contributed by atoms with Crippen molar-refractivity contribution in [2.24, 2.45) is 5.92 Å². The normalized spacial score (nSPS) is 24.5. The van der Waals surface area contributed by atoms with Crippen molar-refractivity contribution in [3.63, 3.8) is 0 Å². The van der Waals surface area contributed by atoms with E-state index in [-0.39, 0.29) is 0 Å². The Balaban J connectivity index is 1.74. The summed E-state index contributed by atoms with van der Waals surface area (Å²) in [6.07, 6.45) is 6.55. The maximum absolute atomic E-state index is 3.98. The zero-order chi connectivity index (χ0) is 11.4. The highest BCUT2D eigenvalue weighted by Gasteiger charge is 2.17. The zero-order valence-electron chi connectivity index (χ0n) is 10.2. The number of aromatic amines is 1. The van der Waals surface area contributed by atoms with Crippen molar-refractivity contribution in [2.75, 3.05) is 26.7 Å². The van der Waals surface area contributed by atoms with E-state index in [2.05, 4.69) is 34.4 Å². The Bertz CT molecular complexity index is 296. The number of aromatic nitrogens is 2. The van der Waals surface area contributed by atoms with Crippen molar-refractivity contribution in [1.29, 1.82) is 0 Å². The second kappa shape index (κ2) is 5.46. The summed E-state index contributed by atoms with van der Waals surface area (Å²) in [6, 6.07) is 0.394. The Kier molecular flexibility index (Phi) is 3.96. The number of hydrogen-bond donors (Lipinski definition) is 2. The van der Waals surface area contributed by atoms with Gasteiger partial charge in [0.2, 0.25) is 0 Å². The fourth-order valence-corrected chi connectivity index (χ4v) is 2.40. The molecule has 4 nitrogen and oxygen atoms in total. The molecule has 4 heteroatoms. The van der Waals surface area contributed by atoms with Gasteiger partial charge in [0.15, 0.2) is 0 Å². The fraction of sp³-hybridized carbons (Fsp3) is 0.750. The number of nitrogens with one attached hydrogen (secondary N) is 2. The zero-order valence-corrected chi connectivity index (χ0v) is 10.2. The largest absolute Gasteiger partial charge is 0.310 e. The van der Waals surface area contributed by atoms with Gasteiger partial charge in [0.25, 0.3) is 0 Å². The molecule has 2 unspecified atom stereocenters. The first-order chi connectivity index (χ1) is 7.75. The van der Waals surface area contributed by atoms with Gasteiger partial charge in [-0.25, -0.2) is 0 Å². The van der Waals surface area contributed by atoms with Crippen molar-refractivity contribution >= 4 is 0 Å². The van der Waals surface area contributed by atoms with Crippen LogP contribution in [0.15, 0.2) is 12.4 Å². The SMILES string of the molecule is CC(NCC1CCCN(C)C1)c1cn[nH]c1. The van der Waals surface area contributed by atoms with E-state index in [0.717, 1.165) is 12.5 Å². The van der Waals surface area contributed by atoms with E-state index in [1.54, 1.807) is 0 Å². The average molecular weight is 222 g/mol. The van der Waals surface area contributed by atoms with Crippen molar-refractivity contribution in [3.8, 4) is 0 Å². The lowest BCUT2D eigenvalue weighted by molar-refractivity contribution is 0.203. The van der Waals surface area contributed by atoms with Gasteiger partial charge in [-0.2, -0.15) is 5.10 Å². The second-order valence-electron chi connectivity index (χ2n) is 4.93. The molecule has 1 fully saturated rings. The van der Waals surface area contributed by atoms with Crippen LogP contribution in [-0.2, 0) is 0 Å². The molecule has 0 amide bonds. The van der Waals surface area contributed by atoms with Crippen molar-refractivity contribution in [2.45, 2.75) is 25.8 Å². The third-order valence-corrected chi connectivity index (χ3v) is 3.45. The number of hydrogen-bond acceptors (Lipinski definition) is 3.